The summed E-state index contributed by atoms with van der Waals surface area (Å²) in [5.41, 5.74) is 9.39. The highest BCUT2D eigenvalue weighted by Crippen LogP contribution is 2.41. The minimum absolute atomic E-state index is 0.468. The highest BCUT2D eigenvalue weighted by Gasteiger charge is 2.24. The first-order valence-corrected chi connectivity index (χ1v) is 11.4. The molecule has 10 nitrogen and oxygen atoms in total. The van der Waals surface area contributed by atoms with E-state index in [1.54, 1.807) is 16.9 Å². The Bertz CT molecular complexity index is 1440. The van der Waals surface area contributed by atoms with Crippen LogP contribution < -0.4 is 16.4 Å². The molecule has 0 radical (unpaired) electrons. The second-order valence-electron chi connectivity index (χ2n) is 8.36. The molecule has 5 aromatic heterocycles. The predicted octanol–water partition coefficient (Wildman–Crippen LogP) is 3.51. The molecule has 0 saturated heterocycles. The van der Waals surface area contributed by atoms with Crippen LogP contribution in [0.2, 0.25) is 0 Å². The van der Waals surface area contributed by atoms with Gasteiger partial charge in [-0.2, -0.15) is 4.98 Å². The van der Waals surface area contributed by atoms with E-state index in [1.165, 1.54) is 24.8 Å². The number of nitrogens with zero attached hydrogens (tertiary/aromatic N) is 7. The van der Waals surface area contributed by atoms with Crippen molar-refractivity contribution in [1.82, 2.24) is 34.5 Å². The summed E-state index contributed by atoms with van der Waals surface area (Å²) in [6.07, 6.45) is 10.9. The Labute approximate surface area is 195 Å². The molecule has 1 aliphatic carbocycles. The van der Waals surface area contributed by atoms with E-state index in [-0.39, 0.29) is 0 Å². The van der Waals surface area contributed by atoms with Crippen molar-refractivity contribution in [2.45, 2.75) is 25.2 Å². The smallest absolute Gasteiger partial charge is 0.248 e. The molecule has 10 heteroatoms. The molecule has 0 aromatic carbocycles. The van der Waals surface area contributed by atoms with Crippen molar-refractivity contribution in [3.05, 3.63) is 60.7 Å². The largest absolute Gasteiger partial charge is 0.368 e. The highest BCUT2D eigenvalue weighted by molar-refractivity contribution is 5.93. The summed E-state index contributed by atoms with van der Waals surface area (Å²) in [6.45, 7) is 1.14. The average molecular weight is 453 g/mol. The number of rotatable bonds is 7. The Morgan fingerprint density at radius 1 is 1.09 bits per heavy atom. The van der Waals surface area contributed by atoms with Crippen LogP contribution >= 0.6 is 0 Å². The lowest BCUT2D eigenvalue weighted by molar-refractivity contribution is 0.421. The van der Waals surface area contributed by atoms with Crippen LogP contribution in [0, 0.1) is 0 Å². The third kappa shape index (κ3) is 3.77. The summed E-state index contributed by atoms with van der Waals surface area (Å²) >= 11 is 0. The van der Waals surface area contributed by atoms with Crippen molar-refractivity contribution in [2.75, 3.05) is 23.7 Å². The number of nitrogens with two attached hydrogens (primary N) is 1. The van der Waals surface area contributed by atoms with Gasteiger partial charge in [-0.25, -0.2) is 19.5 Å². The van der Waals surface area contributed by atoms with E-state index in [4.69, 9.17) is 15.7 Å². The van der Waals surface area contributed by atoms with E-state index in [2.05, 4.69) is 30.7 Å². The molecule has 1 saturated carbocycles. The van der Waals surface area contributed by atoms with E-state index in [0.29, 0.717) is 36.6 Å². The van der Waals surface area contributed by atoms with Gasteiger partial charge in [-0.1, -0.05) is 12.5 Å². The number of nitrogens with one attached hydrogen (secondary N) is 2. The summed E-state index contributed by atoms with van der Waals surface area (Å²) in [7, 11) is 0. The first kappa shape index (κ1) is 20.4. The summed E-state index contributed by atoms with van der Waals surface area (Å²) in [5, 5.41) is 12.0. The molecular weight excluding hydrogens is 428 g/mol. The van der Waals surface area contributed by atoms with E-state index in [0.717, 1.165) is 27.9 Å². The fourth-order valence-corrected chi connectivity index (χ4v) is 4.22. The lowest BCUT2D eigenvalue weighted by Crippen LogP contribution is -2.16. The second-order valence-corrected chi connectivity index (χ2v) is 8.36. The first-order chi connectivity index (χ1) is 16.8. The number of hydrogen-bond acceptors (Lipinski definition) is 9. The van der Waals surface area contributed by atoms with Crippen LogP contribution in [0.25, 0.3) is 27.9 Å². The van der Waals surface area contributed by atoms with E-state index < -0.39 is 0 Å². The first-order valence-electron chi connectivity index (χ1n) is 11.4. The molecule has 0 spiro atoms. The Morgan fingerprint density at radius 3 is 2.85 bits per heavy atom. The molecule has 0 bridgehead atoms. The molecule has 0 unspecified atom stereocenters. The zero-order chi connectivity index (χ0) is 22.9. The molecule has 1 fully saturated rings. The molecule has 5 heterocycles. The molecule has 1 aliphatic rings. The monoisotopic (exact) mass is 452 g/mol. The zero-order valence-corrected chi connectivity index (χ0v) is 18.5. The van der Waals surface area contributed by atoms with Crippen LogP contribution in [0.3, 0.4) is 0 Å². The van der Waals surface area contributed by atoms with Crippen LogP contribution in [0.15, 0.2) is 55.1 Å². The number of pyridine rings is 3. The van der Waals surface area contributed by atoms with Gasteiger partial charge in [-0.15, -0.1) is 5.10 Å². The van der Waals surface area contributed by atoms with Gasteiger partial charge < -0.3 is 16.4 Å². The fourth-order valence-electron chi connectivity index (χ4n) is 4.22. The lowest BCUT2D eigenvalue weighted by atomic mass is 9.79. The van der Waals surface area contributed by atoms with Crippen LogP contribution in [0.4, 0.5) is 17.6 Å². The molecule has 5 aromatic rings. The number of aromatic nitrogens is 7. The minimum atomic E-state index is 0.468. The van der Waals surface area contributed by atoms with Crippen molar-refractivity contribution in [1.29, 1.82) is 0 Å². The van der Waals surface area contributed by atoms with Crippen molar-refractivity contribution < 1.29 is 0 Å². The molecule has 0 amide bonds. The van der Waals surface area contributed by atoms with Gasteiger partial charge >= 0.3 is 0 Å². The molecule has 170 valence electrons. The van der Waals surface area contributed by atoms with Gasteiger partial charge in [0.1, 0.15) is 11.6 Å². The molecule has 0 atom stereocenters. The third-order valence-electron chi connectivity index (χ3n) is 6.12. The second kappa shape index (κ2) is 8.64. The SMILES string of the molecule is NCCNc1nc(-c2ccnc(Nc3nc4ccccn4n3)c2)nc2cncc(C3CCC3)c12. The van der Waals surface area contributed by atoms with Crippen molar-refractivity contribution in [3.63, 3.8) is 0 Å². The van der Waals surface area contributed by atoms with E-state index >= 15 is 0 Å². The third-order valence-corrected chi connectivity index (χ3v) is 6.12. The molecular formula is C24H24N10. The molecule has 4 N–H and O–H groups in total. The van der Waals surface area contributed by atoms with E-state index in [9.17, 15) is 0 Å². The van der Waals surface area contributed by atoms with Gasteiger partial charge in [0.25, 0.3) is 0 Å². The highest BCUT2D eigenvalue weighted by atomic mass is 15.3. The van der Waals surface area contributed by atoms with Crippen molar-refractivity contribution >= 4 is 34.1 Å². The van der Waals surface area contributed by atoms with Gasteiger partial charge in [0, 0.05) is 42.6 Å². The number of hydrogen-bond donors (Lipinski definition) is 3. The van der Waals surface area contributed by atoms with Crippen molar-refractivity contribution in [3.8, 4) is 11.4 Å². The topological polar surface area (TPSA) is 132 Å². The number of fused-ring (bicyclic) bond motifs is 2. The maximum Gasteiger partial charge on any atom is 0.248 e. The summed E-state index contributed by atoms with van der Waals surface area (Å²) in [6, 6.07) is 9.50. The van der Waals surface area contributed by atoms with Crippen LogP contribution in [-0.4, -0.2) is 47.6 Å². The quantitative estimate of drug-likeness (QED) is 0.339. The summed E-state index contributed by atoms with van der Waals surface area (Å²) in [5.74, 6) is 2.97. The van der Waals surface area contributed by atoms with Gasteiger partial charge in [0.05, 0.1) is 11.7 Å². The van der Waals surface area contributed by atoms with Crippen LogP contribution in [0.5, 0.6) is 0 Å². The van der Waals surface area contributed by atoms with Gasteiger partial charge in [-0.3, -0.25) is 4.98 Å². The van der Waals surface area contributed by atoms with Crippen molar-refractivity contribution in [2.24, 2.45) is 5.73 Å². The lowest BCUT2D eigenvalue weighted by Gasteiger charge is -2.27. The predicted molar refractivity (Wildman–Crippen MR) is 131 cm³/mol. The maximum atomic E-state index is 5.78. The Balaban J connectivity index is 1.38. The van der Waals surface area contributed by atoms with Gasteiger partial charge in [0.15, 0.2) is 11.5 Å². The van der Waals surface area contributed by atoms with Gasteiger partial charge in [-0.05, 0) is 48.6 Å². The minimum Gasteiger partial charge on any atom is -0.368 e. The maximum absolute atomic E-state index is 5.78. The summed E-state index contributed by atoms with van der Waals surface area (Å²) in [4.78, 5) is 23.1. The molecule has 34 heavy (non-hydrogen) atoms. The van der Waals surface area contributed by atoms with Gasteiger partial charge in [0.2, 0.25) is 5.95 Å². The molecule has 6 rings (SSSR count). The number of anilines is 3. The van der Waals surface area contributed by atoms with Crippen LogP contribution in [-0.2, 0) is 0 Å². The standard InChI is InChI=1S/C24H24N10/c25-8-10-28-23-21-17(15-4-3-5-15)13-26-14-18(21)29-22(32-23)16-7-9-27-19(12-16)30-24-31-20-6-1-2-11-34(20)33-24/h1-2,6-7,9,11-15H,3-5,8,10,25H2,(H,27,30,33)(H,28,29,32). The average Bonchev–Trinajstić information content (AvgIpc) is 3.24. The zero-order valence-electron chi connectivity index (χ0n) is 18.5. The summed E-state index contributed by atoms with van der Waals surface area (Å²) < 4.78 is 1.71. The normalized spacial score (nSPS) is 13.8. The Morgan fingerprint density at radius 2 is 2.03 bits per heavy atom. The fraction of sp³-hybridized carbons (Fsp3) is 0.250. The molecule has 0 aliphatic heterocycles. The van der Waals surface area contributed by atoms with E-state index in [1.807, 2.05) is 42.7 Å². The Hall–Kier alpha value is -4.18. The van der Waals surface area contributed by atoms with Crippen LogP contribution in [0.1, 0.15) is 30.7 Å². The Kier molecular flexibility index (Phi) is 5.19.